The van der Waals surface area contributed by atoms with Crippen molar-refractivity contribution >= 4 is 40.6 Å². The van der Waals surface area contributed by atoms with Crippen LogP contribution in [0, 0.1) is 0 Å². The number of hydrogen-bond acceptors (Lipinski definition) is 9. The number of carboxylic acid groups (broad SMARTS) is 2. The molecule has 166 valence electrons. The Kier molecular flexibility index (Phi) is 5.77. The summed E-state index contributed by atoms with van der Waals surface area (Å²) in [5.41, 5.74) is 4.65. The zero-order valence-electron chi connectivity index (χ0n) is 18.3. The van der Waals surface area contributed by atoms with Crippen LogP contribution < -0.4 is 21.9 Å². The van der Waals surface area contributed by atoms with E-state index in [4.69, 9.17) is 18.7 Å². The van der Waals surface area contributed by atoms with Gasteiger partial charge < -0.3 is 26.6 Å². The number of fused-ring (bicyclic) bond motifs is 1. The highest BCUT2D eigenvalue weighted by molar-refractivity contribution is 5.96. The molecule has 13 heteroatoms. The highest BCUT2D eigenvalue weighted by Crippen LogP contribution is 2.12. The largest absolute Gasteiger partial charge is 0.481 e. The van der Waals surface area contributed by atoms with Gasteiger partial charge >= 0.3 is 11.9 Å². The number of carbonyl (C=O) groups is 3. The number of aromatic nitrogens is 4. The predicted molar refractivity (Wildman–Crippen MR) is 112 cm³/mol. The molecular weight excluding hydrogens is 422 g/mol. The summed E-state index contributed by atoms with van der Waals surface area (Å²) >= 11 is 0. The summed E-state index contributed by atoms with van der Waals surface area (Å²) in [7, 11) is 0. The first kappa shape index (κ1) is 19.4. The van der Waals surface area contributed by atoms with E-state index in [-0.39, 0.29) is 40.5 Å². The Balaban J connectivity index is 1.73. The van der Waals surface area contributed by atoms with Crippen LogP contribution in [0.15, 0.2) is 35.3 Å². The van der Waals surface area contributed by atoms with Crippen molar-refractivity contribution in [2.75, 3.05) is 11.1 Å². The first-order valence-electron chi connectivity index (χ1n) is 10.1. The molecule has 3 aromatic rings. The number of carboxylic acids is 2. The van der Waals surface area contributed by atoms with Crippen molar-refractivity contribution in [3.05, 3.63) is 52.1 Å². The van der Waals surface area contributed by atoms with E-state index in [1.165, 1.54) is 24.3 Å². The van der Waals surface area contributed by atoms with Gasteiger partial charge in [-0.3, -0.25) is 19.4 Å². The summed E-state index contributed by atoms with van der Waals surface area (Å²) in [6.07, 6.45) is 0.391. The molecular formula is C19H19N7O6. The molecule has 0 bridgehead atoms. The van der Waals surface area contributed by atoms with Gasteiger partial charge in [0.25, 0.3) is 11.5 Å². The SMILES string of the molecule is [2H]C([2H])(Nc1ccc(C(=O)N[C@@H](CCC(=O)O)C(=O)O)cc1)c1cnc2nc(N)[nH]c(=O)c2n1. The van der Waals surface area contributed by atoms with Crippen LogP contribution in [0.4, 0.5) is 11.6 Å². The Morgan fingerprint density at radius 1 is 1.19 bits per heavy atom. The van der Waals surface area contributed by atoms with Crippen molar-refractivity contribution in [1.82, 2.24) is 25.3 Å². The number of H-pyrrole nitrogens is 1. The molecule has 3 rings (SSSR count). The van der Waals surface area contributed by atoms with Gasteiger partial charge in [-0.2, -0.15) is 4.98 Å². The van der Waals surface area contributed by atoms with Gasteiger partial charge in [0.15, 0.2) is 11.2 Å². The van der Waals surface area contributed by atoms with E-state index >= 15 is 0 Å². The van der Waals surface area contributed by atoms with Crippen LogP contribution in [0.1, 0.15) is 31.6 Å². The minimum Gasteiger partial charge on any atom is -0.481 e. The Morgan fingerprint density at radius 2 is 1.91 bits per heavy atom. The Labute approximate surface area is 182 Å². The highest BCUT2D eigenvalue weighted by atomic mass is 16.4. The zero-order chi connectivity index (χ0) is 25.0. The van der Waals surface area contributed by atoms with Gasteiger partial charge in [-0.1, -0.05) is 0 Å². The first-order valence-corrected chi connectivity index (χ1v) is 9.13. The molecule has 0 spiro atoms. The fourth-order valence-electron chi connectivity index (χ4n) is 2.60. The molecule has 1 amide bonds. The lowest BCUT2D eigenvalue weighted by Crippen LogP contribution is -2.41. The fraction of sp³-hybridized carbons (Fsp3) is 0.211. The number of nitrogens with two attached hydrogens (primary N) is 1. The number of aliphatic carboxylic acids is 2. The summed E-state index contributed by atoms with van der Waals surface area (Å²) in [6.45, 7) is -2.27. The van der Waals surface area contributed by atoms with Crippen molar-refractivity contribution < 1.29 is 27.3 Å². The molecule has 1 aromatic carbocycles. The third-order valence-electron chi connectivity index (χ3n) is 4.17. The molecule has 0 aliphatic rings. The maximum absolute atomic E-state index is 12.3. The first-order chi connectivity index (χ1) is 16.0. The van der Waals surface area contributed by atoms with Gasteiger partial charge in [0, 0.05) is 17.7 Å². The van der Waals surface area contributed by atoms with Crippen molar-refractivity contribution in [3.63, 3.8) is 0 Å². The smallest absolute Gasteiger partial charge is 0.326 e. The van der Waals surface area contributed by atoms with Crippen LogP contribution >= 0.6 is 0 Å². The minimum atomic E-state index is -2.27. The molecule has 1 atom stereocenters. The summed E-state index contributed by atoms with van der Waals surface area (Å²) in [4.78, 5) is 60.2. The molecule has 0 unspecified atom stereocenters. The maximum atomic E-state index is 12.3. The maximum Gasteiger partial charge on any atom is 0.326 e. The molecule has 0 aliphatic carbocycles. The van der Waals surface area contributed by atoms with Gasteiger partial charge in [0.1, 0.15) is 6.04 Å². The average molecular weight is 443 g/mol. The molecule has 0 aliphatic heterocycles. The van der Waals surface area contributed by atoms with Gasteiger partial charge in [0.2, 0.25) is 5.95 Å². The number of anilines is 2. The Morgan fingerprint density at radius 3 is 2.56 bits per heavy atom. The van der Waals surface area contributed by atoms with Gasteiger partial charge in [-0.25, -0.2) is 14.8 Å². The lowest BCUT2D eigenvalue weighted by molar-refractivity contribution is -0.140. The highest BCUT2D eigenvalue weighted by Gasteiger charge is 2.21. The van der Waals surface area contributed by atoms with E-state index in [1.54, 1.807) is 0 Å². The number of hydrogen-bond donors (Lipinski definition) is 6. The molecule has 13 nitrogen and oxygen atoms in total. The second kappa shape index (κ2) is 9.51. The summed E-state index contributed by atoms with van der Waals surface area (Å²) < 4.78 is 16.5. The standard InChI is InChI=1S/C19H19N7O6/c20-19-25-15-14(17(30)26-19)23-11(8-22-15)7-21-10-3-1-9(2-4-10)16(29)24-12(18(31)32)5-6-13(27)28/h1-4,8,12,21H,5-7H2,(H,24,29)(H,27,28)(H,31,32)(H3,20,22,25,26,30)/t12-/m0/s1/i7D2. The monoisotopic (exact) mass is 443 g/mol. The van der Waals surface area contributed by atoms with Crippen molar-refractivity contribution in [1.29, 1.82) is 0 Å². The molecule has 0 saturated carbocycles. The van der Waals surface area contributed by atoms with Crippen molar-refractivity contribution in [2.45, 2.75) is 25.4 Å². The van der Waals surface area contributed by atoms with Crippen LogP contribution in [-0.2, 0) is 16.1 Å². The van der Waals surface area contributed by atoms with Crippen LogP contribution in [0.2, 0.25) is 0 Å². The molecule has 0 radical (unpaired) electrons. The van der Waals surface area contributed by atoms with E-state index in [9.17, 15) is 19.2 Å². The predicted octanol–water partition coefficient (Wildman–Crippen LogP) is -0.0448. The van der Waals surface area contributed by atoms with Gasteiger partial charge in [0.05, 0.1) is 21.1 Å². The zero-order valence-corrected chi connectivity index (χ0v) is 16.3. The molecule has 2 heterocycles. The number of amides is 1. The molecule has 32 heavy (non-hydrogen) atoms. The quantitative estimate of drug-likeness (QED) is 0.258. The van der Waals surface area contributed by atoms with E-state index in [0.29, 0.717) is 0 Å². The summed E-state index contributed by atoms with van der Waals surface area (Å²) in [5, 5.41) is 22.7. The number of nitrogens with zero attached hydrogens (tertiary/aromatic N) is 3. The van der Waals surface area contributed by atoms with Crippen LogP contribution in [0.25, 0.3) is 11.2 Å². The normalized spacial score (nSPS) is 13.0. The van der Waals surface area contributed by atoms with Crippen LogP contribution in [0.3, 0.4) is 0 Å². The average Bonchev–Trinajstić information content (AvgIpc) is 2.76. The van der Waals surface area contributed by atoms with Crippen LogP contribution in [-0.4, -0.2) is 54.0 Å². The molecule has 0 saturated heterocycles. The number of nitrogens with one attached hydrogen (secondary N) is 3. The van der Waals surface area contributed by atoms with Gasteiger partial charge in [-0.05, 0) is 30.7 Å². The second-order valence-corrected chi connectivity index (χ2v) is 6.50. The number of carbonyl (C=O) groups excluding carboxylic acids is 1. The van der Waals surface area contributed by atoms with Crippen molar-refractivity contribution in [3.8, 4) is 0 Å². The second-order valence-electron chi connectivity index (χ2n) is 6.50. The van der Waals surface area contributed by atoms with Gasteiger partial charge in [-0.15, -0.1) is 0 Å². The number of nitrogen functional groups attached to an aromatic ring is 1. The lowest BCUT2D eigenvalue weighted by atomic mass is 10.1. The van der Waals surface area contributed by atoms with Crippen LogP contribution in [0.5, 0.6) is 0 Å². The lowest BCUT2D eigenvalue weighted by Gasteiger charge is -2.14. The third kappa shape index (κ3) is 5.53. The summed E-state index contributed by atoms with van der Waals surface area (Å²) in [6, 6.07) is 4.03. The molecule has 2 aromatic heterocycles. The Bertz CT molecular complexity index is 1310. The molecule has 7 N–H and O–H groups in total. The van der Waals surface area contributed by atoms with E-state index < -0.39 is 42.4 Å². The number of rotatable bonds is 9. The summed E-state index contributed by atoms with van der Waals surface area (Å²) in [5.74, 6) is -3.44. The molecule has 0 fully saturated rings. The fourth-order valence-corrected chi connectivity index (χ4v) is 2.60. The topological polar surface area (TPSA) is 213 Å². The van der Waals surface area contributed by atoms with E-state index in [2.05, 4.69) is 30.6 Å². The minimum absolute atomic E-state index is 0.0424. The van der Waals surface area contributed by atoms with Crippen molar-refractivity contribution in [2.24, 2.45) is 0 Å². The van der Waals surface area contributed by atoms with E-state index in [0.717, 1.165) is 6.20 Å². The number of aromatic amines is 1. The Hall–Kier alpha value is -4.55. The van der Waals surface area contributed by atoms with E-state index in [1.807, 2.05) is 0 Å². The number of benzene rings is 1. The third-order valence-corrected chi connectivity index (χ3v) is 4.17.